The average Bonchev–Trinajstić information content (AvgIpc) is 3.16. The lowest BCUT2D eigenvalue weighted by Crippen LogP contribution is -3.00. The van der Waals surface area contributed by atoms with Gasteiger partial charge in [0.05, 0.1) is 32.1 Å². The first kappa shape index (κ1) is 23.0. The summed E-state index contributed by atoms with van der Waals surface area (Å²) in [5, 5.41) is 3.76. The minimum atomic E-state index is 0. The fourth-order valence-electron chi connectivity index (χ4n) is 4.27. The summed E-state index contributed by atoms with van der Waals surface area (Å²) in [5.41, 5.74) is 7.12. The molecule has 31 heavy (non-hydrogen) atoms. The average molecular weight is 442 g/mol. The van der Waals surface area contributed by atoms with Gasteiger partial charge in [-0.25, -0.2) is 0 Å². The van der Waals surface area contributed by atoms with Crippen molar-refractivity contribution in [3.05, 3.63) is 70.5 Å². The van der Waals surface area contributed by atoms with E-state index >= 15 is 0 Å². The lowest BCUT2D eigenvalue weighted by molar-refractivity contribution is -0.00000748. The minimum Gasteiger partial charge on any atom is -1.00 e. The molecule has 0 aliphatic carbocycles. The van der Waals surface area contributed by atoms with Crippen LogP contribution in [0.3, 0.4) is 0 Å². The Hall–Kier alpha value is -2.63. The lowest BCUT2D eigenvalue weighted by atomic mass is 9.96. The number of aromatic nitrogens is 1. The third-order valence-corrected chi connectivity index (χ3v) is 5.67. The van der Waals surface area contributed by atoms with Crippen molar-refractivity contribution in [3.8, 4) is 22.9 Å². The van der Waals surface area contributed by atoms with Crippen LogP contribution in [-0.4, -0.2) is 24.9 Å². The van der Waals surface area contributed by atoms with E-state index in [0.29, 0.717) is 13.2 Å². The van der Waals surface area contributed by atoms with E-state index in [1.165, 1.54) is 22.4 Å². The Kier molecular flexibility index (Phi) is 7.19. The lowest BCUT2D eigenvalue weighted by Gasteiger charge is -2.21. The maximum atomic E-state index is 5.89. The van der Waals surface area contributed by atoms with E-state index in [0.717, 1.165) is 35.0 Å². The summed E-state index contributed by atoms with van der Waals surface area (Å²) in [5.74, 6) is 2.50. The maximum Gasteiger partial charge on any atom is 0.163 e. The summed E-state index contributed by atoms with van der Waals surface area (Å²) in [6.45, 7) is 10.2. The molecule has 1 aliphatic rings. The molecule has 0 amide bonds. The van der Waals surface area contributed by atoms with Gasteiger partial charge in [0.1, 0.15) is 5.75 Å². The fraction of sp³-hybridized carbons (Fsp3) is 0.360. The van der Waals surface area contributed by atoms with E-state index in [1.807, 2.05) is 13.8 Å². The third-order valence-electron chi connectivity index (χ3n) is 5.67. The molecular weight excluding hydrogens is 412 g/mol. The summed E-state index contributed by atoms with van der Waals surface area (Å²) < 4.78 is 19.5. The zero-order valence-corrected chi connectivity index (χ0v) is 19.5. The Morgan fingerprint density at radius 3 is 2.35 bits per heavy atom. The number of nitrogens with one attached hydrogen (secondary N) is 1. The highest BCUT2D eigenvalue weighted by Crippen LogP contribution is 2.38. The van der Waals surface area contributed by atoms with Crippen molar-refractivity contribution in [2.45, 2.75) is 40.3 Å². The predicted octanol–water partition coefficient (Wildman–Crippen LogP) is 2.10. The number of halogens is 1. The number of fused-ring (bicyclic) bond motifs is 3. The van der Waals surface area contributed by atoms with E-state index in [2.05, 4.69) is 66.3 Å². The molecule has 1 unspecified atom stereocenters. The predicted molar refractivity (Wildman–Crippen MR) is 119 cm³/mol. The van der Waals surface area contributed by atoms with Crippen LogP contribution in [0.15, 0.2) is 42.6 Å². The molecule has 0 saturated carbocycles. The summed E-state index contributed by atoms with van der Waals surface area (Å²) in [6, 6.07) is 12.9. The van der Waals surface area contributed by atoms with Crippen molar-refractivity contribution in [3.63, 3.8) is 0 Å². The molecule has 4 rings (SSSR count). The Morgan fingerprint density at radius 1 is 0.968 bits per heavy atom. The Labute approximate surface area is 190 Å². The molecule has 166 valence electrons. The number of ether oxygens (including phenoxy) is 3. The molecule has 2 heterocycles. The van der Waals surface area contributed by atoms with Crippen LogP contribution in [0, 0.1) is 13.8 Å². The number of hydrogen-bond acceptors (Lipinski definition) is 4. The van der Waals surface area contributed by atoms with Gasteiger partial charge < -0.3 is 36.5 Å². The standard InChI is InChI=1S/C25H30N2O3.ClH/c1-6-29-23-13-18-15-26-25(19-11-17(4)22(28-5)12-16(19)3)20-9-8-10-27(20)21(18)14-24(23)30-7-2;/h8-14,25-26H,6-7,15H2,1-5H3;1H/p-1. The van der Waals surface area contributed by atoms with E-state index in [1.54, 1.807) is 7.11 Å². The first-order valence-electron chi connectivity index (χ1n) is 10.6. The second kappa shape index (κ2) is 9.67. The molecule has 2 aromatic carbocycles. The smallest absolute Gasteiger partial charge is 0.163 e. The van der Waals surface area contributed by atoms with Crippen LogP contribution in [0.5, 0.6) is 17.2 Å². The Bertz CT molecular complexity index is 1060. The molecule has 0 spiro atoms. The number of methoxy groups -OCH3 is 1. The highest BCUT2D eigenvalue weighted by Gasteiger charge is 2.26. The number of rotatable bonds is 6. The molecule has 0 radical (unpaired) electrons. The molecule has 5 nitrogen and oxygen atoms in total. The van der Waals surface area contributed by atoms with Gasteiger partial charge in [-0.05, 0) is 74.2 Å². The molecule has 6 heteroatoms. The molecule has 1 aliphatic heterocycles. The molecule has 1 N–H and O–H groups in total. The molecule has 0 bridgehead atoms. The monoisotopic (exact) mass is 441 g/mol. The van der Waals surface area contributed by atoms with Gasteiger partial charge >= 0.3 is 0 Å². The van der Waals surface area contributed by atoms with Gasteiger partial charge in [0, 0.05) is 24.5 Å². The van der Waals surface area contributed by atoms with Gasteiger partial charge in [0.25, 0.3) is 0 Å². The summed E-state index contributed by atoms with van der Waals surface area (Å²) in [7, 11) is 1.72. The van der Waals surface area contributed by atoms with Crippen molar-refractivity contribution in [1.29, 1.82) is 0 Å². The minimum absolute atomic E-state index is 0. The first-order chi connectivity index (χ1) is 14.6. The molecule has 0 saturated heterocycles. The topological polar surface area (TPSA) is 44.7 Å². The summed E-state index contributed by atoms with van der Waals surface area (Å²) in [4.78, 5) is 0. The van der Waals surface area contributed by atoms with Gasteiger partial charge in [-0.2, -0.15) is 0 Å². The quantitative estimate of drug-likeness (QED) is 0.636. The van der Waals surface area contributed by atoms with Crippen molar-refractivity contribution in [2.24, 2.45) is 0 Å². The highest BCUT2D eigenvalue weighted by atomic mass is 35.5. The first-order valence-corrected chi connectivity index (χ1v) is 10.6. The zero-order chi connectivity index (χ0) is 21.3. The SMILES string of the molecule is CCOc1cc2c(cc1OCC)-n1cccc1C(c1cc(C)c(OC)cc1C)NC2.[Cl-]. The van der Waals surface area contributed by atoms with Gasteiger partial charge in [-0.15, -0.1) is 0 Å². The number of benzene rings is 2. The summed E-state index contributed by atoms with van der Waals surface area (Å²) >= 11 is 0. The van der Waals surface area contributed by atoms with E-state index in [9.17, 15) is 0 Å². The van der Waals surface area contributed by atoms with E-state index in [4.69, 9.17) is 14.2 Å². The van der Waals surface area contributed by atoms with E-state index in [-0.39, 0.29) is 18.4 Å². The fourth-order valence-corrected chi connectivity index (χ4v) is 4.27. The van der Waals surface area contributed by atoms with Crippen LogP contribution in [0.1, 0.15) is 47.8 Å². The van der Waals surface area contributed by atoms with Crippen molar-refractivity contribution >= 4 is 0 Å². The van der Waals surface area contributed by atoms with Crippen molar-refractivity contribution in [2.75, 3.05) is 20.3 Å². The van der Waals surface area contributed by atoms with Crippen LogP contribution in [0.25, 0.3) is 5.69 Å². The van der Waals surface area contributed by atoms with Crippen LogP contribution >= 0.6 is 0 Å². The summed E-state index contributed by atoms with van der Waals surface area (Å²) in [6.07, 6.45) is 2.12. The number of aryl methyl sites for hydroxylation is 2. The molecule has 1 aromatic heterocycles. The van der Waals surface area contributed by atoms with Gasteiger partial charge in [0.15, 0.2) is 11.5 Å². The zero-order valence-electron chi connectivity index (χ0n) is 18.8. The van der Waals surface area contributed by atoms with Crippen LogP contribution in [-0.2, 0) is 6.54 Å². The van der Waals surface area contributed by atoms with Crippen molar-refractivity contribution < 1.29 is 26.6 Å². The second-order valence-corrected chi connectivity index (χ2v) is 7.59. The van der Waals surface area contributed by atoms with Gasteiger partial charge in [-0.1, -0.05) is 6.07 Å². The largest absolute Gasteiger partial charge is 1.00 e. The van der Waals surface area contributed by atoms with Crippen molar-refractivity contribution in [1.82, 2.24) is 9.88 Å². The molecular formula is C25H30ClN2O3-. The molecule has 1 atom stereocenters. The van der Waals surface area contributed by atoms with Gasteiger partial charge in [-0.3, -0.25) is 0 Å². The van der Waals surface area contributed by atoms with E-state index < -0.39 is 0 Å². The second-order valence-electron chi connectivity index (χ2n) is 7.59. The van der Waals surface area contributed by atoms with Gasteiger partial charge in [0.2, 0.25) is 0 Å². The van der Waals surface area contributed by atoms with Crippen LogP contribution < -0.4 is 31.9 Å². The normalized spacial score (nSPS) is 14.7. The number of nitrogens with zero attached hydrogens (tertiary/aromatic N) is 1. The Balaban J connectivity index is 0.00000272. The maximum absolute atomic E-state index is 5.89. The highest BCUT2D eigenvalue weighted by molar-refractivity contribution is 5.57. The van der Waals surface area contributed by atoms with Crippen LogP contribution in [0.4, 0.5) is 0 Å². The molecule has 0 fully saturated rings. The number of hydrogen-bond donors (Lipinski definition) is 1. The molecule has 3 aromatic rings. The Morgan fingerprint density at radius 2 is 1.68 bits per heavy atom. The third kappa shape index (κ3) is 4.25. The van der Waals surface area contributed by atoms with Crippen LogP contribution in [0.2, 0.25) is 0 Å².